The third kappa shape index (κ3) is 3.65. The number of alkyl halides is 3. The number of hydrogen-bond acceptors (Lipinski definition) is 3. The molecule has 0 radical (unpaired) electrons. The van der Waals surface area contributed by atoms with Gasteiger partial charge in [-0.3, -0.25) is 0 Å². The maximum Gasteiger partial charge on any atom is 0.417 e. The molecular formula is C19H20F3NO3S. The van der Waals surface area contributed by atoms with Crippen LogP contribution in [0.15, 0.2) is 45.7 Å². The summed E-state index contributed by atoms with van der Waals surface area (Å²) in [5.41, 5.74) is -1.14. The Morgan fingerprint density at radius 2 is 1.81 bits per heavy atom. The van der Waals surface area contributed by atoms with Crippen molar-refractivity contribution in [3.05, 3.63) is 53.5 Å². The smallest absolute Gasteiger partial charge is 0.417 e. The maximum atomic E-state index is 13.3. The zero-order valence-electron chi connectivity index (χ0n) is 14.7. The second kappa shape index (κ2) is 6.38. The Morgan fingerprint density at radius 1 is 1.15 bits per heavy atom. The van der Waals surface area contributed by atoms with Crippen molar-refractivity contribution in [2.45, 2.75) is 55.8 Å². The van der Waals surface area contributed by atoms with E-state index in [0.29, 0.717) is 30.4 Å². The van der Waals surface area contributed by atoms with Crippen molar-refractivity contribution >= 4 is 10.0 Å². The van der Waals surface area contributed by atoms with Crippen LogP contribution in [-0.4, -0.2) is 18.8 Å². The molecule has 2 saturated carbocycles. The van der Waals surface area contributed by atoms with Crippen LogP contribution in [0.2, 0.25) is 0 Å². The first-order valence-corrected chi connectivity index (χ1v) is 10.4. The van der Waals surface area contributed by atoms with Crippen LogP contribution in [0.1, 0.15) is 49.2 Å². The molecule has 146 valence electrons. The van der Waals surface area contributed by atoms with Crippen molar-refractivity contribution in [3.8, 4) is 0 Å². The summed E-state index contributed by atoms with van der Waals surface area (Å²) in [4.78, 5) is -0.702. The first-order valence-electron chi connectivity index (χ1n) is 8.94. The van der Waals surface area contributed by atoms with Crippen LogP contribution >= 0.6 is 0 Å². The fourth-order valence-electron chi connectivity index (χ4n) is 3.38. The van der Waals surface area contributed by atoms with E-state index in [4.69, 9.17) is 4.42 Å². The molecule has 1 aromatic heterocycles. The second-order valence-corrected chi connectivity index (χ2v) is 9.26. The average molecular weight is 399 g/mol. The summed E-state index contributed by atoms with van der Waals surface area (Å²) in [5, 5.41) is 0. The molecule has 2 fully saturated rings. The van der Waals surface area contributed by atoms with Crippen LogP contribution in [0.5, 0.6) is 0 Å². The number of nitrogens with zero attached hydrogens (tertiary/aromatic N) is 1. The summed E-state index contributed by atoms with van der Waals surface area (Å²) >= 11 is 0. The Hall–Kier alpha value is -1.80. The van der Waals surface area contributed by atoms with Crippen LogP contribution in [0.3, 0.4) is 0 Å². The van der Waals surface area contributed by atoms with Gasteiger partial charge in [0, 0.05) is 12.0 Å². The molecule has 0 N–H and O–H groups in total. The molecule has 4 rings (SSSR count). The summed E-state index contributed by atoms with van der Waals surface area (Å²) in [5.74, 6) is 2.19. The highest BCUT2D eigenvalue weighted by Crippen LogP contribution is 2.47. The Labute approximate surface area is 156 Å². The van der Waals surface area contributed by atoms with E-state index in [9.17, 15) is 21.6 Å². The Balaban J connectivity index is 1.65. The fraction of sp³-hybridized carbons (Fsp3) is 0.474. The second-order valence-electron chi connectivity index (χ2n) is 7.40. The largest absolute Gasteiger partial charge is 0.464 e. The average Bonchev–Trinajstić information content (AvgIpc) is 3.52. The predicted molar refractivity (Wildman–Crippen MR) is 92.4 cm³/mol. The molecule has 2 atom stereocenters. The highest BCUT2D eigenvalue weighted by molar-refractivity contribution is 7.89. The highest BCUT2D eigenvalue weighted by Gasteiger charge is 2.44. The van der Waals surface area contributed by atoms with E-state index < -0.39 is 26.7 Å². The Morgan fingerprint density at radius 3 is 2.41 bits per heavy atom. The molecular weight excluding hydrogens is 379 g/mol. The molecule has 27 heavy (non-hydrogen) atoms. The van der Waals surface area contributed by atoms with Gasteiger partial charge in [0.2, 0.25) is 10.0 Å². The van der Waals surface area contributed by atoms with E-state index in [1.165, 1.54) is 12.1 Å². The summed E-state index contributed by atoms with van der Waals surface area (Å²) < 4.78 is 73.0. The van der Waals surface area contributed by atoms with Gasteiger partial charge in [-0.25, -0.2) is 8.42 Å². The van der Waals surface area contributed by atoms with E-state index in [2.05, 4.69) is 6.92 Å². The molecule has 0 unspecified atom stereocenters. The Kier molecular flexibility index (Phi) is 4.38. The Bertz CT molecular complexity index is 947. The van der Waals surface area contributed by atoms with E-state index in [1.807, 2.05) is 6.07 Å². The molecule has 4 nitrogen and oxygen atoms in total. The zero-order chi connectivity index (χ0) is 19.4. The standard InChI is InChI=1S/C19H20F3NO3S/c1-12-10-15(12)17-9-8-14(26-17)11-23(13-6-7-13)27(24,25)18-5-3-2-4-16(18)19(20,21)22/h2-5,8-9,12-13,15H,6-7,10-11H2,1H3/t12-,15-/m0/s1. The van der Waals surface area contributed by atoms with E-state index >= 15 is 0 Å². The molecule has 0 saturated heterocycles. The maximum absolute atomic E-state index is 13.3. The monoisotopic (exact) mass is 399 g/mol. The minimum Gasteiger partial charge on any atom is -0.464 e. The number of hydrogen-bond donors (Lipinski definition) is 0. The number of furan rings is 1. The molecule has 2 aliphatic carbocycles. The van der Waals surface area contributed by atoms with Crippen molar-refractivity contribution in [2.24, 2.45) is 5.92 Å². The fourth-order valence-corrected chi connectivity index (χ4v) is 5.24. The van der Waals surface area contributed by atoms with Gasteiger partial charge in [-0.15, -0.1) is 0 Å². The molecule has 8 heteroatoms. The van der Waals surface area contributed by atoms with Crippen molar-refractivity contribution in [1.29, 1.82) is 0 Å². The van der Waals surface area contributed by atoms with Gasteiger partial charge in [0.15, 0.2) is 0 Å². The summed E-state index contributed by atoms with van der Waals surface area (Å²) in [6, 6.07) is 7.60. The first-order chi connectivity index (χ1) is 12.7. The van der Waals surface area contributed by atoms with E-state index in [1.54, 1.807) is 6.07 Å². The number of rotatable bonds is 6. The molecule has 0 amide bonds. The van der Waals surface area contributed by atoms with Crippen LogP contribution in [0.25, 0.3) is 0 Å². The van der Waals surface area contributed by atoms with Gasteiger partial charge in [-0.2, -0.15) is 17.5 Å². The van der Waals surface area contributed by atoms with Gasteiger partial charge in [-0.05, 0) is 49.4 Å². The lowest BCUT2D eigenvalue weighted by Gasteiger charge is -2.23. The summed E-state index contributed by atoms with van der Waals surface area (Å²) in [6.45, 7) is 2.06. The van der Waals surface area contributed by atoms with Crippen LogP contribution in [-0.2, 0) is 22.7 Å². The lowest BCUT2D eigenvalue weighted by molar-refractivity contribution is -0.139. The molecule has 1 aromatic carbocycles. The van der Waals surface area contributed by atoms with Crippen LogP contribution in [0.4, 0.5) is 13.2 Å². The molecule has 0 aliphatic heterocycles. The summed E-state index contributed by atoms with van der Waals surface area (Å²) in [7, 11) is -4.30. The number of benzene rings is 1. The van der Waals surface area contributed by atoms with Crippen molar-refractivity contribution in [3.63, 3.8) is 0 Å². The lowest BCUT2D eigenvalue weighted by atomic mass is 10.2. The summed E-state index contributed by atoms with van der Waals surface area (Å²) in [6.07, 6.45) is -2.42. The molecule has 0 spiro atoms. The quantitative estimate of drug-likeness (QED) is 0.703. The number of sulfonamides is 1. The minimum absolute atomic E-state index is 0.0553. The van der Waals surface area contributed by atoms with Crippen LogP contribution < -0.4 is 0 Å². The molecule has 2 aliphatic rings. The topological polar surface area (TPSA) is 50.5 Å². The lowest BCUT2D eigenvalue weighted by Crippen LogP contribution is -2.33. The van der Waals surface area contributed by atoms with E-state index in [-0.39, 0.29) is 12.6 Å². The molecule has 1 heterocycles. The van der Waals surface area contributed by atoms with Gasteiger partial charge in [0.1, 0.15) is 11.5 Å². The van der Waals surface area contributed by atoms with E-state index in [0.717, 1.165) is 28.6 Å². The molecule has 0 bridgehead atoms. The zero-order valence-corrected chi connectivity index (χ0v) is 15.6. The van der Waals surface area contributed by atoms with Crippen molar-refractivity contribution in [2.75, 3.05) is 0 Å². The first kappa shape index (κ1) is 18.6. The molecule has 2 aromatic rings. The van der Waals surface area contributed by atoms with Crippen LogP contribution in [0, 0.1) is 5.92 Å². The minimum atomic E-state index is -4.74. The van der Waals surface area contributed by atoms with Gasteiger partial charge in [-0.1, -0.05) is 19.1 Å². The third-order valence-corrected chi connectivity index (χ3v) is 7.16. The van der Waals surface area contributed by atoms with Crippen molar-refractivity contribution < 1.29 is 26.0 Å². The van der Waals surface area contributed by atoms with Gasteiger partial charge in [0.05, 0.1) is 17.0 Å². The normalized spacial score (nSPS) is 23.0. The number of halogens is 3. The van der Waals surface area contributed by atoms with Gasteiger partial charge >= 0.3 is 6.18 Å². The SMILES string of the molecule is C[C@H]1C[C@@H]1c1ccc(CN(C2CC2)S(=O)(=O)c2ccccc2C(F)(F)F)o1. The highest BCUT2D eigenvalue weighted by atomic mass is 32.2. The third-order valence-electron chi connectivity index (χ3n) is 5.20. The predicted octanol–water partition coefficient (Wildman–Crippen LogP) is 4.78. The van der Waals surface area contributed by atoms with Crippen molar-refractivity contribution in [1.82, 2.24) is 4.31 Å². The van der Waals surface area contributed by atoms with Gasteiger partial charge < -0.3 is 4.42 Å². The van der Waals surface area contributed by atoms with Gasteiger partial charge in [0.25, 0.3) is 0 Å².